The predicted octanol–water partition coefficient (Wildman–Crippen LogP) is 3.12. The van der Waals surface area contributed by atoms with Gasteiger partial charge < -0.3 is 4.85 Å². The molecule has 0 aromatic heterocycles. The smallest absolute Gasteiger partial charge is 0.248 e. The zero-order chi connectivity index (χ0) is 9.19. The monoisotopic (exact) mass is 173 g/mol. The highest BCUT2D eigenvalue weighted by atomic mass is 19.3. The van der Waals surface area contributed by atoms with Crippen LogP contribution in [0.3, 0.4) is 0 Å². The number of hydrogen-bond donors (Lipinski definition) is 0. The maximum atomic E-state index is 12.8. The van der Waals surface area contributed by atoms with Crippen molar-refractivity contribution < 1.29 is 8.78 Å². The fourth-order valence-corrected chi connectivity index (χ4v) is 1.74. The first-order chi connectivity index (χ1) is 5.54. The van der Waals surface area contributed by atoms with Crippen LogP contribution < -0.4 is 0 Å². The van der Waals surface area contributed by atoms with Crippen molar-refractivity contribution in [2.24, 2.45) is 5.92 Å². The molecule has 1 rings (SSSR count). The molecule has 1 nitrogen and oxygen atoms in total. The second kappa shape index (κ2) is 3.38. The molecule has 0 aromatic rings. The van der Waals surface area contributed by atoms with Crippen molar-refractivity contribution in [1.82, 2.24) is 0 Å². The molecular formula is C9H13F2N. The Labute approximate surface area is 71.6 Å². The quantitative estimate of drug-likeness (QED) is 0.536. The van der Waals surface area contributed by atoms with Gasteiger partial charge in [0.05, 0.1) is 0 Å². The van der Waals surface area contributed by atoms with Gasteiger partial charge in [0.1, 0.15) is 0 Å². The minimum atomic E-state index is -2.59. The van der Waals surface area contributed by atoms with E-state index < -0.39 is 11.8 Å². The first-order valence-corrected chi connectivity index (χ1v) is 4.28. The molecule has 12 heavy (non-hydrogen) atoms. The molecular weight excluding hydrogens is 160 g/mol. The van der Waals surface area contributed by atoms with Crippen LogP contribution in [0.4, 0.5) is 8.78 Å². The Bertz CT molecular complexity index is 190. The maximum absolute atomic E-state index is 12.8. The lowest BCUT2D eigenvalue weighted by Gasteiger charge is -2.27. The molecule has 1 aliphatic carbocycles. The van der Waals surface area contributed by atoms with Gasteiger partial charge in [-0.25, -0.2) is 15.4 Å². The van der Waals surface area contributed by atoms with Crippen molar-refractivity contribution in [3.63, 3.8) is 0 Å². The van der Waals surface area contributed by atoms with Gasteiger partial charge in [-0.1, -0.05) is 0 Å². The summed E-state index contributed by atoms with van der Waals surface area (Å²) in [7, 11) is 0. The number of nitrogens with zero attached hydrogens (tertiary/aromatic N) is 1. The first kappa shape index (κ1) is 9.44. The van der Waals surface area contributed by atoms with Crippen LogP contribution in [0.15, 0.2) is 0 Å². The number of alkyl halides is 2. The minimum Gasteiger partial charge on any atom is -0.314 e. The summed E-state index contributed by atoms with van der Waals surface area (Å²) in [5, 5.41) is 0. The highest BCUT2D eigenvalue weighted by Crippen LogP contribution is 2.37. The van der Waals surface area contributed by atoms with E-state index >= 15 is 0 Å². The lowest BCUT2D eigenvalue weighted by molar-refractivity contribution is -0.0537. The Morgan fingerprint density at radius 1 is 1.42 bits per heavy atom. The summed E-state index contributed by atoms with van der Waals surface area (Å²) in [5.74, 6) is -3.16. The zero-order valence-electron chi connectivity index (χ0n) is 7.19. The van der Waals surface area contributed by atoms with E-state index in [-0.39, 0.29) is 6.04 Å². The SMILES string of the molecule is [C-]#[N+]C1CCCC(C(C)(F)F)C1. The van der Waals surface area contributed by atoms with Gasteiger partial charge in [0.15, 0.2) is 0 Å². The van der Waals surface area contributed by atoms with Crippen molar-refractivity contribution in [3.05, 3.63) is 11.4 Å². The van der Waals surface area contributed by atoms with Gasteiger partial charge in [-0.05, 0) is 19.8 Å². The molecule has 0 radical (unpaired) electrons. The third kappa shape index (κ3) is 2.17. The maximum Gasteiger partial charge on any atom is 0.248 e. The fourth-order valence-electron chi connectivity index (χ4n) is 1.74. The lowest BCUT2D eigenvalue weighted by Crippen LogP contribution is -2.30. The van der Waals surface area contributed by atoms with E-state index in [0.717, 1.165) is 19.8 Å². The molecule has 0 aromatic carbocycles. The van der Waals surface area contributed by atoms with Gasteiger partial charge in [0, 0.05) is 18.8 Å². The molecule has 3 heteroatoms. The van der Waals surface area contributed by atoms with Crippen LogP contribution in [0.1, 0.15) is 32.6 Å². The summed E-state index contributed by atoms with van der Waals surface area (Å²) in [6.07, 6.45) is 2.54. The molecule has 68 valence electrons. The van der Waals surface area contributed by atoms with Crippen LogP contribution in [-0.4, -0.2) is 12.0 Å². The van der Waals surface area contributed by atoms with Crippen molar-refractivity contribution >= 4 is 0 Å². The van der Waals surface area contributed by atoms with Crippen molar-refractivity contribution in [3.8, 4) is 0 Å². The Hall–Kier alpha value is -0.650. The van der Waals surface area contributed by atoms with Gasteiger partial charge in [-0.3, -0.25) is 0 Å². The molecule has 2 unspecified atom stereocenters. The molecule has 0 aliphatic heterocycles. The molecule has 0 amide bonds. The van der Waals surface area contributed by atoms with Crippen molar-refractivity contribution in [1.29, 1.82) is 0 Å². The van der Waals surface area contributed by atoms with Gasteiger partial charge >= 0.3 is 0 Å². The molecule has 1 fully saturated rings. The lowest BCUT2D eigenvalue weighted by atomic mass is 9.82. The van der Waals surface area contributed by atoms with E-state index in [4.69, 9.17) is 6.57 Å². The van der Waals surface area contributed by atoms with Crippen LogP contribution in [0.2, 0.25) is 0 Å². The third-order valence-electron chi connectivity index (χ3n) is 2.55. The van der Waals surface area contributed by atoms with E-state index in [9.17, 15) is 8.78 Å². The van der Waals surface area contributed by atoms with Gasteiger partial charge in [0.25, 0.3) is 0 Å². The van der Waals surface area contributed by atoms with Gasteiger partial charge in [-0.15, -0.1) is 0 Å². The summed E-state index contributed by atoms with van der Waals surface area (Å²) in [6, 6.07) is -0.158. The largest absolute Gasteiger partial charge is 0.314 e. The summed E-state index contributed by atoms with van der Waals surface area (Å²) in [5.41, 5.74) is 0. The van der Waals surface area contributed by atoms with Crippen molar-refractivity contribution in [2.45, 2.75) is 44.6 Å². The standard InChI is InChI=1S/C9H13F2N/c1-9(10,11)7-4-3-5-8(6-7)12-2/h7-8H,3-6H2,1H3. The van der Waals surface area contributed by atoms with Crippen LogP contribution in [0, 0.1) is 12.5 Å². The van der Waals surface area contributed by atoms with E-state index in [1.807, 2.05) is 0 Å². The van der Waals surface area contributed by atoms with Crippen molar-refractivity contribution in [2.75, 3.05) is 0 Å². The molecule has 0 N–H and O–H groups in total. The Kier molecular flexibility index (Phi) is 2.66. The second-order valence-electron chi connectivity index (χ2n) is 3.60. The minimum absolute atomic E-state index is 0.158. The highest BCUT2D eigenvalue weighted by Gasteiger charge is 2.39. The third-order valence-corrected chi connectivity index (χ3v) is 2.55. The summed E-state index contributed by atoms with van der Waals surface area (Å²) in [6.45, 7) is 7.73. The number of hydrogen-bond acceptors (Lipinski definition) is 0. The number of rotatable bonds is 1. The zero-order valence-corrected chi connectivity index (χ0v) is 7.19. The Morgan fingerprint density at radius 2 is 2.08 bits per heavy atom. The molecule has 2 atom stereocenters. The van der Waals surface area contributed by atoms with Crippen LogP contribution in [0.5, 0.6) is 0 Å². The molecule has 1 aliphatic rings. The molecule has 0 spiro atoms. The highest BCUT2D eigenvalue weighted by molar-refractivity contribution is 4.89. The topological polar surface area (TPSA) is 4.36 Å². The Morgan fingerprint density at radius 3 is 2.58 bits per heavy atom. The van der Waals surface area contributed by atoms with E-state index in [1.54, 1.807) is 0 Å². The molecule has 1 saturated carbocycles. The summed E-state index contributed by atoms with van der Waals surface area (Å²) >= 11 is 0. The fraction of sp³-hybridized carbons (Fsp3) is 0.889. The van der Waals surface area contributed by atoms with Gasteiger partial charge in [-0.2, -0.15) is 0 Å². The van der Waals surface area contributed by atoms with Crippen LogP contribution in [0.25, 0.3) is 4.85 Å². The molecule has 0 saturated heterocycles. The van der Waals surface area contributed by atoms with Crippen LogP contribution >= 0.6 is 0 Å². The predicted molar refractivity (Wildman–Crippen MR) is 43.0 cm³/mol. The average molecular weight is 173 g/mol. The van der Waals surface area contributed by atoms with E-state index in [2.05, 4.69) is 4.85 Å². The normalized spacial score (nSPS) is 31.2. The van der Waals surface area contributed by atoms with Gasteiger partial charge in [0.2, 0.25) is 12.0 Å². The summed E-state index contributed by atoms with van der Waals surface area (Å²) < 4.78 is 25.6. The number of halogens is 2. The Balaban J connectivity index is 2.53. The second-order valence-corrected chi connectivity index (χ2v) is 3.60. The molecule has 0 bridgehead atoms. The average Bonchev–Trinajstić information content (AvgIpc) is 2.03. The van der Waals surface area contributed by atoms with E-state index in [1.165, 1.54) is 0 Å². The summed E-state index contributed by atoms with van der Waals surface area (Å²) in [4.78, 5) is 3.33. The first-order valence-electron chi connectivity index (χ1n) is 4.28. The van der Waals surface area contributed by atoms with Crippen LogP contribution in [-0.2, 0) is 0 Å². The molecule has 0 heterocycles. The van der Waals surface area contributed by atoms with E-state index in [0.29, 0.717) is 12.8 Å².